The molecule has 4 heteroatoms. The quantitative estimate of drug-likeness (QED) is 0.669. The van der Waals surface area contributed by atoms with Gasteiger partial charge in [0.05, 0.1) is 6.54 Å². The first-order valence-corrected chi connectivity index (χ1v) is 5.30. The van der Waals surface area contributed by atoms with Crippen molar-refractivity contribution < 1.29 is 14.3 Å². The van der Waals surface area contributed by atoms with Crippen LogP contribution in [0.25, 0.3) is 0 Å². The van der Waals surface area contributed by atoms with Crippen LogP contribution in [0.3, 0.4) is 0 Å². The Kier molecular flexibility index (Phi) is 4.34. The zero-order valence-electron chi connectivity index (χ0n) is 9.28. The largest absolute Gasteiger partial charge is 0.447 e. The molecule has 0 aromatic heterocycles. The third-order valence-electron chi connectivity index (χ3n) is 2.32. The van der Waals surface area contributed by atoms with E-state index in [0.29, 0.717) is 13.2 Å². The monoisotopic (exact) mass is 211 g/mol. The van der Waals surface area contributed by atoms with Gasteiger partial charge in [-0.15, -0.1) is 0 Å². The number of imide groups is 1. The van der Waals surface area contributed by atoms with Gasteiger partial charge in [0.2, 0.25) is 0 Å². The summed E-state index contributed by atoms with van der Waals surface area (Å²) >= 11 is 0. The van der Waals surface area contributed by atoms with Gasteiger partial charge in [0.1, 0.15) is 6.61 Å². The number of hydrogen-bond donors (Lipinski definition) is 0. The van der Waals surface area contributed by atoms with Crippen LogP contribution in [-0.2, 0) is 9.53 Å². The lowest BCUT2D eigenvalue weighted by Crippen LogP contribution is -2.30. The summed E-state index contributed by atoms with van der Waals surface area (Å²) in [5.74, 6) is -0.258. The molecule has 0 atom stereocenters. The van der Waals surface area contributed by atoms with Gasteiger partial charge in [-0.05, 0) is 19.8 Å². The SMILES string of the molecule is CCCC/C(C)=C/C(=O)N1CCOC1=O. The van der Waals surface area contributed by atoms with Crippen molar-refractivity contribution in [3.05, 3.63) is 11.6 Å². The van der Waals surface area contributed by atoms with Gasteiger partial charge in [-0.3, -0.25) is 4.79 Å². The van der Waals surface area contributed by atoms with Crippen LogP contribution < -0.4 is 0 Å². The Morgan fingerprint density at radius 1 is 1.60 bits per heavy atom. The van der Waals surface area contributed by atoms with Crippen molar-refractivity contribution >= 4 is 12.0 Å². The minimum absolute atomic E-state index is 0.258. The Morgan fingerprint density at radius 2 is 2.33 bits per heavy atom. The van der Waals surface area contributed by atoms with E-state index in [0.717, 1.165) is 29.7 Å². The van der Waals surface area contributed by atoms with Crippen LogP contribution in [0.15, 0.2) is 11.6 Å². The minimum atomic E-state index is -0.528. The van der Waals surface area contributed by atoms with Crippen LogP contribution in [-0.4, -0.2) is 30.1 Å². The second-order valence-corrected chi connectivity index (χ2v) is 3.70. The number of carbonyl (C=O) groups is 2. The fraction of sp³-hybridized carbons (Fsp3) is 0.636. The number of rotatable bonds is 4. The molecule has 1 fully saturated rings. The number of allylic oxidation sites excluding steroid dienone is 1. The predicted molar refractivity (Wildman–Crippen MR) is 56.3 cm³/mol. The summed E-state index contributed by atoms with van der Waals surface area (Å²) in [6, 6.07) is 0. The van der Waals surface area contributed by atoms with Crippen LogP contribution in [0.5, 0.6) is 0 Å². The van der Waals surface area contributed by atoms with E-state index in [-0.39, 0.29) is 5.91 Å². The van der Waals surface area contributed by atoms with Crippen LogP contribution in [0.4, 0.5) is 4.79 Å². The molecule has 0 saturated carbocycles. The molecule has 1 aliphatic heterocycles. The molecule has 15 heavy (non-hydrogen) atoms. The molecule has 0 bridgehead atoms. The lowest BCUT2D eigenvalue weighted by Gasteiger charge is -2.08. The first-order chi connectivity index (χ1) is 7.15. The Labute approximate surface area is 89.9 Å². The molecule has 0 spiro atoms. The van der Waals surface area contributed by atoms with Gasteiger partial charge in [0, 0.05) is 6.08 Å². The number of nitrogens with zero attached hydrogens (tertiary/aromatic N) is 1. The third kappa shape index (κ3) is 3.38. The van der Waals surface area contributed by atoms with Crippen molar-refractivity contribution in [2.24, 2.45) is 0 Å². The standard InChI is InChI=1S/C11H17NO3/c1-3-4-5-9(2)8-10(13)12-6-7-15-11(12)14/h8H,3-7H2,1-2H3/b9-8+. The first-order valence-electron chi connectivity index (χ1n) is 5.30. The molecule has 0 unspecified atom stereocenters. The molecular weight excluding hydrogens is 194 g/mol. The topological polar surface area (TPSA) is 46.6 Å². The van der Waals surface area contributed by atoms with Gasteiger partial charge in [0.15, 0.2) is 0 Å². The number of carbonyl (C=O) groups excluding carboxylic acids is 2. The van der Waals surface area contributed by atoms with E-state index >= 15 is 0 Å². The maximum atomic E-state index is 11.6. The minimum Gasteiger partial charge on any atom is -0.447 e. The Bertz CT molecular complexity index is 284. The zero-order valence-corrected chi connectivity index (χ0v) is 9.28. The molecule has 0 aromatic carbocycles. The highest BCUT2D eigenvalue weighted by atomic mass is 16.6. The van der Waals surface area contributed by atoms with Gasteiger partial charge < -0.3 is 4.74 Å². The summed E-state index contributed by atoms with van der Waals surface area (Å²) in [6.45, 7) is 4.70. The summed E-state index contributed by atoms with van der Waals surface area (Å²) < 4.78 is 4.69. The van der Waals surface area contributed by atoms with E-state index in [1.807, 2.05) is 6.92 Å². The van der Waals surface area contributed by atoms with Crippen molar-refractivity contribution in [1.29, 1.82) is 0 Å². The van der Waals surface area contributed by atoms with E-state index < -0.39 is 6.09 Å². The number of unbranched alkanes of at least 4 members (excludes halogenated alkanes) is 1. The highest BCUT2D eigenvalue weighted by Gasteiger charge is 2.26. The van der Waals surface area contributed by atoms with E-state index in [4.69, 9.17) is 0 Å². The van der Waals surface area contributed by atoms with Gasteiger partial charge >= 0.3 is 6.09 Å². The fourth-order valence-electron chi connectivity index (χ4n) is 1.41. The van der Waals surface area contributed by atoms with E-state index in [1.165, 1.54) is 6.08 Å². The molecule has 1 rings (SSSR count). The predicted octanol–water partition coefficient (Wildman–Crippen LogP) is 2.10. The Hall–Kier alpha value is -1.32. The maximum absolute atomic E-state index is 11.6. The lowest BCUT2D eigenvalue weighted by molar-refractivity contribution is -0.122. The number of hydrogen-bond acceptors (Lipinski definition) is 3. The van der Waals surface area contributed by atoms with Crippen molar-refractivity contribution in [2.45, 2.75) is 33.1 Å². The van der Waals surface area contributed by atoms with E-state index in [9.17, 15) is 9.59 Å². The van der Waals surface area contributed by atoms with Crippen molar-refractivity contribution in [3.8, 4) is 0 Å². The van der Waals surface area contributed by atoms with Gasteiger partial charge in [-0.1, -0.05) is 18.9 Å². The second-order valence-electron chi connectivity index (χ2n) is 3.70. The van der Waals surface area contributed by atoms with Crippen molar-refractivity contribution in [3.63, 3.8) is 0 Å². The van der Waals surface area contributed by atoms with Gasteiger partial charge in [-0.2, -0.15) is 0 Å². The van der Waals surface area contributed by atoms with Gasteiger partial charge in [0.25, 0.3) is 5.91 Å². The second kappa shape index (κ2) is 5.53. The molecule has 1 saturated heterocycles. The van der Waals surface area contributed by atoms with Gasteiger partial charge in [-0.25, -0.2) is 9.69 Å². The molecule has 84 valence electrons. The van der Waals surface area contributed by atoms with Crippen LogP contribution in [0.1, 0.15) is 33.1 Å². The summed E-state index contributed by atoms with van der Waals surface area (Å²) in [6.07, 6.45) is 4.08. The fourth-order valence-corrected chi connectivity index (χ4v) is 1.41. The summed E-state index contributed by atoms with van der Waals surface area (Å²) in [5.41, 5.74) is 1.02. The third-order valence-corrected chi connectivity index (χ3v) is 2.32. The molecule has 4 nitrogen and oxygen atoms in total. The van der Waals surface area contributed by atoms with E-state index in [1.54, 1.807) is 0 Å². The number of ether oxygens (including phenoxy) is 1. The summed E-state index contributed by atoms with van der Waals surface area (Å²) in [5, 5.41) is 0. The Balaban J connectivity index is 2.49. The molecule has 1 heterocycles. The van der Waals surface area contributed by atoms with E-state index in [2.05, 4.69) is 11.7 Å². The Morgan fingerprint density at radius 3 is 2.87 bits per heavy atom. The molecule has 2 amide bonds. The lowest BCUT2D eigenvalue weighted by atomic mass is 10.1. The highest BCUT2D eigenvalue weighted by molar-refractivity contribution is 5.99. The molecule has 0 aromatic rings. The highest BCUT2D eigenvalue weighted by Crippen LogP contribution is 2.09. The average molecular weight is 211 g/mol. The molecule has 0 radical (unpaired) electrons. The maximum Gasteiger partial charge on any atom is 0.416 e. The summed E-state index contributed by atoms with van der Waals surface area (Å²) in [4.78, 5) is 23.8. The molecule has 0 aliphatic carbocycles. The zero-order chi connectivity index (χ0) is 11.3. The van der Waals surface area contributed by atoms with Crippen molar-refractivity contribution in [2.75, 3.05) is 13.2 Å². The first kappa shape index (κ1) is 11.8. The smallest absolute Gasteiger partial charge is 0.416 e. The summed E-state index contributed by atoms with van der Waals surface area (Å²) in [7, 11) is 0. The normalized spacial score (nSPS) is 16.8. The molecular formula is C11H17NO3. The van der Waals surface area contributed by atoms with Crippen LogP contribution in [0.2, 0.25) is 0 Å². The van der Waals surface area contributed by atoms with Crippen LogP contribution >= 0.6 is 0 Å². The van der Waals surface area contributed by atoms with Crippen LogP contribution in [0, 0.1) is 0 Å². The molecule has 1 aliphatic rings. The number of cyclic esters (lactones) is 1. The average Bonchev–Trinajstić information content (AvgIpc) is 2.61. The van der Waals surface area contributed by atoms with Crippen molar-refractivity contribution in [1.82, 2.24) is 4.90 Å². The number of amides is 2. The molecule has 0 N–H and O–H groups in total.